The van der Waals surface area contributed by atoms with Gasteiger partial charge in [-0.15, -0.1) is 0 Å². The van der Waals surface area contributed by atoms with Gasteiger partial charge in [-0.1, -0.05) is 13.8 Å². The summed E-state index contributed by atoms with van der Waals surface area (Å²) in [7, 11) is 0. The third-order valence-electron chi connectivity index (χ3n) is 1.52. The molecule has 0 fully saturated rings. The van der Waals surface area contributed by atoms with Crippen molar-refractivity contribution in [2.45, 2.75) is 26.8 Å². The van der Waals surface area contributed by atoms with E-state index in [0.29, 0.717) is 12.6 Å². The first-order valence-corrected chi connectivity index (χ1v) is 3.95. The number of rotatable bonds is 5. The van der Waals surface area contributed by atoms with Crippen LogP contribution >= 0.6 is 0 Å². The highest BCUT2D eigenvalue weighted by atomic mass is 15.5. The number of nitrogens with one attached hydrogen (secondary N) is 1. The quantitative estimate of drug-likeness (QED) is 0.542. The summed E-state index contributed by atoms with van der Waals surface area (Å²) < 4.78 is 0. The smallest absolute Gasteiger partial charge is 0.0309 e. The molecule has 0 aliphatic heterocycles. The van der Waals surface area contributed by atoms with E-state index in [4.69, 9.17) is 5.73 Å². The molecule has 10 heavy (non-hydrogen) atoms. The van der Waals surface area contributed by atoms with Crippen molar-refractivity contribution >= 4 is 0 Å². The van der Waals surface area contributed by atoms with E-state index in [1.807, 2.05) is 0 Å². The zero-order valence-electron chi connectivity index (χ0n) is 7.22. The number of hydrogen-bond donors (Lipinski definition) is 2. The molecule has 0 aromatic carbocycles. The Morgan fingerprint density at radius 3 is 2.20 bits per heavy atom. The molecule has 0 amide bonds. The number of nitrogens with two attached hydrogens (primary N) is 1. The van der Waals surface area contributed by atoms with Crippen LogP contribution in [0.2, 0.25) is 0 Å². The molecule has 0 heterocycles. The fraction of sp³-hybridized carbons (Fsp3) is 1.00. The lowest BCUT2D eigenvalue weighted by Crippen LogP contribution is -2.46. The van der Waals surface area contributed by atoms with Gasteiger partial charge in [0.15, 0.2) is 0 Å². The molecule has 0 bridgehead atoms. The zero-order chi connectivity index (χ0) is 7.98. The molecule has 3 heteroatoms. The van der Waals surface area contributed by atoms with Crippen LogP contribution in [0.1, 0.15) is 20.8 Å². The van der Waals surface area contributed by atoms with Crippen molar-refractivity contribution in [2.24, 2.45) is 5.73 Å². The summed E-state index contributed by atoms with van der Waals surface area (Å²) in [6.45, 7) is 9.08. The van der Waals surface area contributed by atoms with Gasteiger partial charge in [-0.05, 0) is 6.92 Å². The van der Waals surface area contributed by atoms with Crippen LogP contribution in [-0.2, 0) is 0 Å². The second kappa shape index (κ2) is 5.65. The Hall–Kier alpha value is -0.120. The Morgan fingerprint density at radius 1 is 1.40 bits per heavy atom. The van der Waals surface area contributed by atoms with Crippen LogP contribution in [0.5, 0.6) is 0 Å². The van der Waals surface area contributed by atoms with Gasteiger partial charge in [0, 0.05) is 25.7 Å². The lowest BCUT2D eigenvalue weighted by Gasteiger charge is -2.23. The summed E-state index contributed by atoms with van der Waals surface area (Å²) in [5.41, 5.74) is 8.71. The molecule has 0 radical (unpaired) electrons. The highest BCUT2D eigenvalue weighted by Gasteiger charge is 2.01. The van der Waals surface area contributed by atoms with Crippen LogP contribution < -0.4 is 11.2 Å². The van der Waals surface area contributed by atoms with E-state index in [0.717, 1.165) is 13.1 Å². The van der Waals surface area contributed by atoms with Crippen LogP contribution in [0.4, 0.5) is 0 Å². The van der Waals surface area contributed by atoms with E-state index < -0.39 is 0 Å². The number of nitrogens with zero attached hydrogens (tertiary/aromatic N) is 1. The molecular weight excluding hydrogens is 126 g/mol. The van der Waals surface area contributed by atoms with Gasteiger partial charge in [-0.3, -0.25) is 5.43 Å². The predicted octanol–water partition coefficient (Wildman–Crippen LogP) is 0.180. The van der Waals surface area contributed by atoms with Crippen molar-refractivity contribution in [1.82, 2.24) is 10.4 Å². The molecule has 1 unspecified atom stereocenters. The summed E-state index contributed by atoms with van der Waals surface area (Å²) in [6, 6.07) is 0.389. The Labute approximate surface area is 63.5 Å². The largest absolute Gasteiger partial charge is 0.329 e. The van der Waals surface area contributed by atoms with Crippen LogP contribution in [0, 0.1) is 0 Å². The summed E-state index contributed by atoms with van der Waals surface area (Å²) in [4.78, 5) is 0. The Morgan fingerprint density at radius 2 is 1.90 bits per heavy atom. The molecule has 0 saturated carbocycles. The molecule has 0 aromatic rings. The van der Waals surface area contributed by atoms with E-state index in [1.54, 1.807) is 0 Å². The fourth-order valence-corrected chi connectivity index (χ4v) is 0.771. The highest BCUT2D eigenvalue weighted by Crippen LogP contribution is 1.83. The van der Waals surface area contributed by atoms with Crippen molar-refractivity contribution < 1.29 is 0 Å². The van der Waals surface area contributed by atoms with Crippen molar-refractivity contribution in [1.29, 1.82) is 0 Å². The number of hydrazine groups is 1. The van der Waals surface area contributed by atoms with E-state index >= 15 is 0 Å². The highest BCUT2D eigenvalue weighted by molar-refractivity contribution is 4.57. The minimum atomic E-state index is 0.389. The van der Waals surface area contributed by atoms with Gasteiger partial charge in [0.05, 0.1) is 0 Å². The molecule has 3 N–H and O–H groups in total. The van der Waals surface area contributed by atoms with E-state index in [2.05, 4.69) is 31.2 Å². The van der Waals surface area contributed by atoms with Crippen molar-refractivity contribution in [3.8, 4) is 0 Å². The SMILES string of the molecule is CCN(CC)NC(C)CN. The maximum absolute atomic E-state index is 5.44. The van der Waals surface area contributed by atoms with Crippen molar-refractivity contribution in [3.63, 3.8) is 0 Å². The summed E-state index contributed by atoms with van der Waals surface area (Å²) >= 11 is 0. The van der Waals surface area contributed by atoms with Gasteiger partial charge in [0.25, 0.3) is 0 Å². The topological polar surface area (TPSA) is 41.3 Å². The summed E-state index contributed by atoms with van der Waals surface area (Å²) in [5, 5.41) is 2.15. The van der Waals surface area contributed by atoms with Gasteiger partial charge in [0.1, 0.15) is 0 Å². The molecule has 1 atom stereocenters. The maximum atomic E-state index is 5.44. The van der Waals surface area contributed by atoms with Gasteiger partial charge in [-0.25, -0.2) is 5.01 Å². The molecule has 0 aliphatic rings. The first-order chi connectivity index (χ1) is 4.74. The molecule has 3 nitrogen and oxygen atoms in total. The van der Waals surface area contributed by atoms with Crippen molar-refractivity contribution in [2.75, 3.05) is 19.6 Å². The number of hydrogen-bond acceptors (Lipinski definition) is 3. The fourth-order valence-electron chi connectivity index (χ4n) is 0.771. The van der Waals surface area contributed by atoms with Gasteiger partial charge in [0.2, 0.25) is 0 Å². The monoisotopic (exact) mass is 145 g/mol. The second-order valence-corrected chi connectivity index (χ2v) is 2.44. The first kappa shape index (κ1) is 9.88. The Kier molecular flexibility index (Phi) is 5.58. The molecule has 0 saturated heterocycles. The minimum Gasteiger partial charge on any atom is -0.329 e. The molecular formula is C7H19N3. The average Bonchev–Trinajstić information content (AvgIpc) is 1.99. The van der Waals surface area contributed by atoms with Crippen LogP contribution in [0.15, 0.2) is 0 Å². The van der Waals surface area contributed by atoms with Crippen LogP contribution in [0.3, 0.4) is 0 Å². The van der Waals surface area contributed by atoms with Crippen molar-refractivity contribution in [3.05, 3.63) is 0 Å². The van der Waals surface area contributed by atoms with E-state index in [1.165, 1.54) is 0 Å². The zero-order valence-corrected chi connectivity index (χ0v) is 7.22. The normalized spacial score (nSPS) is 14.1. The predicted molar refractivity (Wildman–Crippen MR) is 44.6 cm³/mol. The summed E-state index contributed by atoms with van der Waals surface area (Å²) in [5.74, 6) is 0. The molecule has 0 rings (SSSR count). The maximum Gasteiger partial charge on any atom is 0.0309 e. The lowest BCUT2D eigenvalue weighted by atomic mass is 10.4. The minimum absolute atomic E-state index is 0.389. The molecule has 0 spiro atoms. The van der Waals surface area contributed by atoms with E-state index in [-0.39, 0.29) is 0 Å². The standard InChI is InChI=1S/C7H19N3/c1-4-10(5-2)9-7(3)6-8/h7,9H,4-6,8H2,1-3H3. The molecule has 0 aliphatic carbocycles. The Balaban J connectivity index is 3.41. The first-order valence-electron chi connectivity index (χ1n) is 3.95. The second-order valence-electron chi connectivity index (χ2n) is 2.44. The molecule has 62 valence electrons. The van der Waals surface area contributed by atoms with Gasteiger partial charge >= 0.3 is 0 Å². The lowest BCUT2D eigenvalue weighted by molar-refractivity contribution is 0.182. The Bertz CT molecular complexity index is 71.3. The van der Waals surface area contributed by atoms with Gasteiger partial charge < -0.3 is 5.73 Å². The average molecular weight is 145 g/mol. The third kappa shape index (κ3) is 3.82. The molecule has 0 aromatic heterocycles. The van der Waals surface area contributed by atoms with E-state index in [9.17, 15) is 0 Å². The van der Waals surface area contributed by atoms with Crippen LogP contribution in [0.25, 0.3) is 0 Å². The third-order valence-corrected chi connectivity index (χ3v) is 1.52. The van der Waals surface area contributed by atoms with Crippen LogP contribution in [-0.4, -0.2) is 30.7 Å². The van der Waals surface area contributed by atoms with Gasteiger partial charge in [-0.2, -0.15) is 0 Å². The summed E-state index contributed by atoms with van der Waals surface area (Å²) in [6.07, 6.45) is 0.